The molecule has 4 heteroatoms. The van der Waals surface area contributed by atoms with Crippen molar-refractivity contribution in [2.75, 3.05) is 27.8 Å². The third-order valence-corrected chi connectivity index (χ3v) is 4.18. The number of methoxy groups -OCH3 is 2. The number of ether oxygens (including phenoxy) is 2. The van der Waals surface area contributed by atoms with Crippen LogP contribution in [0.25, 0.3) is 0 Å². The minimum absolute atomic E-state index is 0.524. The SMILES string of the molecule is CCNCc1cc(OC)c2c(c1OC)CC(C)N(C)C2. The maximum absolute atomic E-state index is 5.71. The van der Waals surface area contributed by atoms with E-state index < -0.39 is 0 Å². The molecule has 0 saturated heterocycles. The minimum Gasteiger partial charge on any atom is -0.496 e. The monoisotopic (exact) mass is 278 g/mol. The molecule has 0 saturated carbocycles. The van der Waals surface area contributed by atoms with Crippen molar-refractivity contribution in [1.82, 2.24) is 10.2 Å². The van der Waals surface area contributed by atoms with Gasteiger partial charge in [-0.05, 0) is 33.0 Å². The van der Waals surface area contributed by atoms with Crippen LogP contribution in [0, 0.1) is 0 Å². The summed E-state index contributed by atoms with van der Waals surface area (Å²) in [6.45, 7) is 7.04. The molecule has 2 rings (SSSR count). The summed E-state index contributed by atoms with van der Waals surface area (Å²) in [4.78, 5) is 2.36. The standard InChI is InChI=1S/C16H26N2O2/c1-6-17-9-12-8-15(19-4)14-10-18(3)11(2)7-13(14)16(12)20-5/h8,11,17H,6-7,9-10H2,1-5H3. The van der Waals surface area contributed by atoms with Crippen LogP contribution >= 0.6 is 0 Å². The smallest absolute Gasteiger partial charge is 0.127 e. The van der Waals surface area contributed by atoms with Crippen LogP contribution < -0.4 is 14.8 Å². The second-order valence-corrected chi connectivity index (χ2v) is 5.48. The van der Waals surface area contributed by atoms with Gasteiger partial charge in [0.05, 0.1) is 14.2 Å². The number of hydrogen-bond donors (Lipinski definition) is 1. The fourth-order valence-electron chi connectivity index (χ4n) is 2.86. The largest absolute Gasteiger partial charge is 0.496 e. The van der Waals surface area contributed by atoms with Crippen LogP contribution in [0.5, 0.6) is 11.5 Å². The first-order chi connectivity index (χ1) is 9.62. The zero-order valence-corrected chi connectivity index (χ0v) is 13.2. The molecule has 1 unspecified atom stereocenters. The molecule has 0 spiro atoms. The topological polar surface area (TPSA) is 33.7 Å². The lowest BCUT2D eigenvalue weighted by Gasteiger charge is -2.34. The molecular weight excluding hydrogens is 252 g/mol. The second-order valence-electron chi connectivity index (χ2n) is 5.48. The number of likely N-dealkylation sites (N-methyl/N-ethyl adjacent to an activating group) is 1. The van der Waals surface area contributed by atoms with Gasteiger partial charge in [-0.25, -0.2) is 0 Å². The van der Waals surface area contributed by atoms with Crippen molar-refractivity contribution in [2.45, 2.75) is 39.4 Å². The van der Waals surface area contributed by atoms with E-state index in [1.165, 1.54) is 16.7 Å². The molecule has 0 bridgehead atoms. The lowest BCUT2D eigenvalue weighted by Crippen LogP contribution is -2.35. The summed E-state index contributed by atoms with van der Waals surface area (Å²) in [7, 11) is 5.67. The van der Waals surface area contributed by atoms with Gasteiger partial charge in [0, 0.05) is 35.8 Å². The summed E-state index contributed by atoms with van der Waals surface area (Å²) < 4.78 is 11.3. The van der Waals surface area contributed by atoms with Gasteiger partial charge in [-0.2, -0.15) is 0 Å². The highest BCUT2D eigenvalue weighted by molar-refractivity contribution is 5.55. The van der Waals surface area contributed by atoms with E-state index in [2.05, 4.69) is 37.2 Å². The Morgan fingerprint density at radius 3 is 2.65 bits per heavy atom. The fourth-order valence-corrected chi connectivity index (χ4v) is 2.86. The highest BCUT2D eigenvalue weighted by Gasteiger charge is 2.27. The molecule has 0 aromatic heterocycles. The van der Waals surface area contributed by atoms with E-state index in [9.17, 15) is 0 Å². The Hall–Kier alpha value is -1.26. The molecule has 0 radical (unpaired) electrons. The van der Waals surface area contributed by atoms with Crippen LogP contribution in [-0.2, 0) is 19.5 Å². The van der Waals surface area contributed by atoms with Gasteiger partial charge in [-0.15, -0.1) is 0 Å². The quantitative estimate of drug-likeness (QED) is 0.895. The summed E-state index contributed by atoms with van der Waals surface area (Å²) in [5, 5.41) is 3.37. The van der Waals surface area contributed by atoms with Crippen molar-refractivity contribution in [3.05, 3.63) is 22.8 Å². The molecule has 0 fully saturated rings. The van der Waals surface area contributed by atoms with Crippen LogP contribution in [0.2, 0.25) is 0 Å². The predicted octanol–water partition coefficient (Wildman–Crippen LogP) is 2.19. The highest BCUT2D eigenvalue weighted by Crippen LogP contribution is 2.39. The maximum Gasteiger partial charge on any atom is 0.127 e. The van der Waals surface area contributed by atoms with Gasteiger partial charge in [-0.3, -0.25) is 4.90 Å². The number of benzene rings is 1. The minimum atomic E-state index is 0.524. The van der Waals surface area contributed by atoms with E-state index in [0.717, 1.165) is 37.6 Å². The first kappa shape index (κ1) is 15.1. The molecule has 1 atom stereocenters. The molecule has 1 N–H and O–H groups in total. The Morgan fingerprint density at radius 1 is 1.30 bits per heavy atom. The first-order valence-corrected chi connectivity index (χ1v) is 7.28. The van der Waals surface area contributed by atoms with E-state index in [0.29, 0.717) is 6.04 Å². The summed E-state index contributed by atoms with van der Waals surface area (Å²) in [6.07, 6.45) is 1.01. The van der Waals surface area contributed by atoms with Gasteiger partial charge in [0.25, 0.3) is 0 Å². The summed E-state index contributed by atoms with van der Waals surface area (Å²) in [5.74, 6) is 2.01. The molecule has 1 heterocycles. The third-order valence-electron chi connectivity index (χ3n) is 4.18. The summed E-state index contributed by atoms with van der Waals surface area (Å²) >= 11 is 0. The third kappa shape index (κ3) is 2.76. The normalized spacial score (nSPS) is 18.8. The Bertz CT molecular complexity index is 474. The van der Waals surface area contributed by atoms with Gasteiger partial charge >= 0.3 is 0 Å². The zero-order chi connectivity index (χ0) is 14.7. The molecule has 1 aliphatic heterocycles. The van der Waals surface area contributed by atoms with Crippen LogP contribution in [0.4, 0.5) is 0 Å². The van der Waals surface area contributed by atoms with Gasteiger partial charge in [-0.1, -0.05) is 6.92 Å². The van der Waals surface area contributed by atoms with Crippen molar-refractivity contribution in [3.63, 3.8) is 0 Å². The van der Waals surface area contributed by atoms with Crippen molar-refractivity contribution in [1.29, 1.82) is 0 Å². The zero-order valence-electron chi connectivity index (χ0n) is 13.2. The molecule has 4 nitrogen and oxygen atoms in total. The maximum atomic E-state index is 5.71. The number of rotatable bonds is 5. The van der Waals surface area contributed by atoms with Crippen molar-refractivity contribution < 1.29 is 9.47 Å². The lowest BCUT2D eigenvalue weighted by molar-refractivity contribution is 0.223. The Kier molecular flexibility index (Phi) is 4.89. The highest BCUT2D eigenvalue weighted by atomic mass is 16.5. The molecule has 0 amide bonds. The Balaban J connectivity index is 2.50. The predicted molar refractivity (Wildman–Crippen MR) is 81.6 cm³/mol. The van der Waals surface area contributed by atoms with E-state index in [1.54, 1.807) is 14.2 Å². The molecule has 1 aromatic carbocycles. The summed E-state index contributed by atoms with van der Waals surface area (Å²) in [6, 6.07) is 2.64. The van der Waals surface area contributed by atoms with Crippen LogP contribution in [0.15, 0.2) is 6.07 Å². The second kappa shape index (κ2) is 6.46. The van der Waals surface area contributed by atoms with E-state index >= 15 is 0 Å². The Morgan fingerprint density at radius 2 is 2.05 bits per heavy atom. The number of nitrogens with zero attached hydrogens (tertiary/aromatic N) is 1. The molecule has 112 valence electrons. The van der Waals surface area contributed by atoms with Crippen LogP contribution in [-0.4, -0.2) is 38.8 Å². The molecule has 20 heavy (non-hydrogen) atoms. The number of hydrogen-bond acceptors (Lipinski definition) is 4. The average molecular weight is 278 g/mol. The molecule has 1 aromatic rings. The van der Waals surface area contributed by atoms with Gasteiger partial charge in [0.1, 0.15) is 11.5 Å². The first-order valence-electron chi connectivity index (χ1n) is 7.28. The fraction of sp³-hybridized carbons (Fsp3) is 0.625. The van der Waals surface area contributed by atoms with Crippen molar-refractivity contribution >= 4 is 0 Å². The van der Waals surface area contributed by atoms with Crippen molar-refractivity contribution in [2.24, 2.45) is 0 Å². The number of nitrogens with one attached hydrogen (secondary N) is 1. The van der Waals surface area contributed by atoms with Crippen molar-refractivity contribution in [3.8, 4) is 11.5 Å². The van der Waals surface area contributed by atoms with Crippen LogP contribution in [0.3, 0.4) is 0 Å². The average Bonchev–Trinajstić information content (AvgIpc) is 2.45. The van der Waals surface area contributed by atoms with E-state index in [-0.39, 0.29) is 0 Å². The Labute approximate surface area is 122 Å². The molecule has 0 aliphatic carbocycles. The molecular formula is C16H26N2O2. The van der Waals surface area contributed by atoms with E-state index in [1.807, 2.05) is 0 Å². The van der Waals surface area contributed by atoms with Gasteiger partial charge < -0.3 is 14.8 Å². The summed E-state index contributed by atoms with van der Waals surface area (Å²) in [5.41, 5.74) is 3.76. The lowest BCUT2D eigenvalue weighted by atomic mass is 9.91. The number of fused-ring (bicyclic) bond motifs is 1. The molecule has 1 aliphatic rings. The van der Waals surface area contributed by atoms with Gasteiger partial charge in [0.15, 0.2) is 0 Å². The van der Waals surface area contributed by atoms with Crippen LogP contribution in [0.1, 0.15) is 30.5 Å². The van der Waals surface area contributed by atoms with Gasteiger partial charge in [0.2, 0.25) is 0 Å². The van der Waals surface area contributed by atoms with E-state index in [4.69, 9.17) is 9.47 Å².